The zero-order chi connectivity index (χ0) is 18.6. The first-order valence-electron chi connectivity index (χ1n) is 8.51. The van der Waals surface area contributed by atoms with Crippen molar-refractivity contribution < 1.29 is 23.8 Å². The van der Waals surface area contributed by atoms with Crippen molar-refractivity contribution in [1.29, 1.82) is 0 Å². The first kappa shape index (κ1) is 18.0. The molecular weight excluding hydrogens is 332 g/mol. The molecule has 0 aromatic heterocycles. The van der Waals surface area contributed by atoms with Gasteiger partial charge in [-0.3, -0.25) is 9.59 Å². The summed E-state index contributed by atoms with van der Waals surface area (Å²) in [5.74, 6) is -0.467. The van der Waals surface area contributed by atoms with Gasteiger partial charge < -0.3 is 14.2 Å². The normalized spacial score (nSPS) is 20.9. The molecule has 26 heavy (non-hydrogen) atoms. The molecule has 0 aliphatic heterocycles. The van der Waals surface area contributed by atoms with Crippen LogP contribution in [0.1, 0.15) is 17.5 Å². The maximum absolute atomic E-state index is 12.3. The Kier molecular flexibility index (Phi) is 5.26. The van der Waals surface area contributed by atoms with E-state index in [1.54, 1.807) is 0 Å². The molecule has 0 bridgehead atoms. The molecule has 1 saturated carbocycles. The number of rotatable bonds is 7. The molecule has 1 fully saturated rings. The van der Waals surface area contributed by atoms with E-state index in [0.29, 0.717) is 19.4 Å². The van der Waals surface area contributed by atoms with Gasteiger partial charge in [0.2, 0.25) is 0 Å². The molecule has 0 saturated heterocycles. The summed E-state index contributed by atoms with van der Waals surface area (Å²) in [5.41, 5.74) is 1.17. The van der Waals surface area contributed by atoms with Crippen molar-refractivity contribution in [2.45, 2.75) is 19.4 Å². The van der Waals surface area contributed by atoms with Crippen molar-refractivity contribution >= 4 is 11.9 Å². The molecule has 5 nitrogen and oxygen atoms in total. The maximum Gasteiger partial charge on any atom is 0.313 e. The Morgan fingerprint density at radius 1 is 1.00 bits per heavy atom. The number of carbonyl (C=O) groups excluding carboxylic acids is 2. The summed E-state index contributed by atoms with van der Waals surface area (Å²) < 4.78 is 15.6. The van der Waals surface area contributed by atoms with E-state index in [0.717, 1.165) is 16.9 Å². The Labute approximate surface area is 152 Å². The largest absolute Gasteiger partial charge is 0.489 e. The predicted molar refractivity (Wildman–Crippen MR) is 95.5 cm³/mol. The highest BCUT2D eigenvalue weighted by Gasteiger charge is 2.65. The van der Waals surface area contributed by atoms with Crippen molar-refractivity contribution in [1.82, 2.24) is 0 Å². The maximum atomic E-state index is 12.3. The molecule has 1 aliphatic rings. The molecule has 0 amide bonds. The topological polar surface area (TPSA) is 61.8 Å². The third-order valence-electron chi connectivity index (χ3n) is 4.82. The zero-order valence-electron chi connectivity index (χ0n) is 14.9. The van der Waals surface area contributed by atoms with Gasteiger partial charge in [-0.2, -0.15) is 0 Å². The Hall–Kier alpha value is -2.82. The van der Waals surface area contributed by atoms with Crippen LogP contribution in [0.5, 0.6) is 5.75 Å². The Bertz CT molecular complexity index is 786. The van der Waals surface area contributed by atoms with E-state index in [2.05, 4.69) is 0 Å². The number of benzene rings is 2. The molecule has 3 rings (SSSR count). The fourth-order valence-electron chi connectivity index (χ4n) is 3.30. The van der Waals surface area contributed by atoms with Gasteiger partial charge in [0.05, 0.1) is 25.6 Å². The second kappa shape index (κ2) is 7.60. The van der Waals surface area contributed by atoms with Gasteiger partial charge in [-0.1, -0.05) is 42.5 Å². The van der Waals surface area contributed by atoms with Crippen LogP contribution in [0.15, 0.2) is 54.6 Å². The molecule has 2 aromatic carbocycles. The average Bonchev–Trinajstić information content (AvgIpc) is 3.41. The minimum Gasteiger partial charge on any atom is -0.489 e. The quantitative estimate of drug-likeness (QED) is 0.715. The summed E-state index contributed by atoms with van der Waals surface area (Å²) in [6.07, 6.45) is 0.865. The molecular formula is C21H22O5. The fraction of sp³-hybridized carbons (Fsp3) is 0.333. The van der Waals surface area contributed by atoms with Crippen LogP contribution in [0.3, 0.4) is 0 Å². The van der Waals surface area contributed by atoms with Crippen molar-refractivity contribution in [3.8, 4) is 5.75 Å². The van der Waals surface area contributed by atoms with E-state index in [1.165, 1.54) is 14.2 Å². The van der Waals surface area contributed by atoms with E-state index in [1.807, 2.05) is 54.6 Å². The van der Waals surface area contributed by atoms with Crippen LogP contribution in [0, 0.1) is 11.3 Å². The van der Waals surface area contributed by atoms with Crippen LogP contribution >= 0.6 is 0 Å². The van der Waals surface area contributed by atoms with E-state index in [-0.39, 0.29) is 11.9 Å². The monoisotopic (exact) mass is 354 g/mol. The number of ether oxygens (including phenoxy) is 3. The smallest absolute Gasteiger partial charge is 0.313 e. The highest BCUT2D eigenvalue weighted by molar-refractivity contribution is 5.91. The Morgan fingerprint density at radius 3 is 2.42 bits per heavy atom. The van der Waals surface area contributed by atoms with E-state index in [4.69, 9.17) is 14.2 Å². The third kappa shape index (κ3) is 3.72. The van der Waals surface area contributed by atoms with Crippen molar-refractivity contribution in [3.05, 3.63) is 65.7 Å². The van der Waals surface area contributed by atoms with Gasteiger partial charge in [-0.25, -0.2) is 0 Å². The second-order valence-corrected chi connectivity index (χ2v) is 6.53. The zero-order valence-corrected chi connectivity index (χ0v) is 14.9. The molecule has 2 aromatic rings. The molecule has 2 atom stereocenters. The summed E-state index contributed by atoms with van der Waals surface area (Å²) in [7, 11) is 2.68. The molecule has 5 heteroatoms. The molecule has 0 heterocycles. The van der Waals surface area contributed by atoms with Crippen LogP contribution < -0.4 is 4.74 Å². The van der Waals surface area contributed by atoms with Gasteiger partial charge in [0, 0.05) is 0 Å². The lowest BCUT2D eigenvalue weighted by molar-refractivity contribution is -0.152. The first-order valence-corrected chi connectivity index (χ1v) is 8.51. The Balaban J connectivity index is 1.71. The molecule has 0 unspecified atom stereocenters. The number of methoxy groups -OCH3 is 2. The van der Waals surface area contributed by atoms with Crippen LogP contribution in [-0.2, 0) is 32.1 Å². The van der Waals surface area contributed by atoms with E-state index >= 15 is 0 Å². The van der Waals surface area contributed by atoms with Crippen LogP contribution in [0.25, 0.3) is 0 Å². The third-order valence-corrected chi connectivity index (χ3v) is 4.82. The molecule has 0 radical (unpaired) electrons. The lowest BCUT2D eigenvalue weighted by Crippen LogP contribution is -2.25. The minimum absolute atomic E-state index is 0.369. The number of carbonyl (C=O) groups is 2. The van der Waals surface area contributed by atoms with E-state index in [9.17, 15) is 9.59 Å². The van der Waals surface area contributed by atoms with Crippen molar-refractivity contribution in [2.75, 3.05) is 14.2 Å². The summed E-state index contributed by atoms with van der Waals surface area (Å²) in [6.45, 7) is 0.469. The SMILES string of the molecule is COC(=O)[C@@H]1C[C@@]1(Cc1cccc(OCc2ccccc2)c1)C(=O)OC. The van der Waals surface area contributed by atoms with Crippen LogP contribution in [0.4, 0.5) is 0 Å². The summed E-state index contributed by atoms with van der Waals surface area (Å²) in [5, 5.41) is 0. The predicted octanol–water partition coefficient (Wildman–Crippen LogP) is 3.16. The van der Waals surface area contributed by atoms with Gasteiger partial charge in [-0.05, 0) is 36.1 Å². The fourth-order valence-corrected chi connectivity index (χ4v) is 3.30. The summed E-state index contributed by atoms with van der Waals surface area (Å²) in [6, 6.07) is 17.5. The number of esters is 2. The summed E-state index contributed by atoms with van der Waals surface area (Å²) >= 11 is 0. The van der Waals surface area contributed by atoms with Gasteiger partial charge >= 0.3 is 11.9 Å². The molecule has 136 valence electrons. The molecule has 0 N–H and O–H groups in total. The Morgan fingerprint density at radius 2 is 1.73 bits per heavy atom. The van der Waals surface area contributed by atoms with Crippen molar-refractivity contribution in [3.63, 3.8) is 0 Å². The van der Waals surface area contributed by atoms with Gasteiger partial charge in [0.15, 0.2) is 0 Å². The van der Waals surface area contributed by atoms with Crippen LogP contribution in [-0.4, -0.2) is 26.2 Å². The van der Waals surface area contributed by atoms with Gasteiger partial charge in [0.1, 0.15) is 12.4 Å². The standard InChI is InChI=1S/C21H22O5/c1-24-19(22)18-13-21(18,20(23)25-2)12-16-9-6-10-17(11-16)26-14-15-7-4-3-5-8-15/h3-11,18H,12-14H2,1-2H3/t18-,21+/m0/s1. The highest BCUT2D eigenvalue weighted by Crippen LogP contribution is 2.56. The number of hydrogen-bond donors (Lipinski definition) is 0. The van der Waals surface area contributed by atoms with Crippen LogP contribution in [0.2, 0.25) is 0 Å². The minimum atomic E-state index is -0.833. The van der Waals surface area contributed by atoms with Gasteiger partial charge in [0.25, 0.3) is 0 Å². The second-order valence-electron chi connectivity index (χ2n) is 6.53. The van der Waals surface area contributed by atoms with E-state index < -0.39 is 11.3 Å². The first-order chi connectivity index (χ1) is 12.6. The number of hydrogen-bond acceptors (Lipinski definition) is 5. The molecule has 0 spiro atoms. The molecule has 1 aliphatic carbocycles. The summed E-state index contributed by atoms with van der Waals surface area (Å²) in [4.78, 5) is 24.1. The highest BCUT2D eigenvalue weighted by atomic mass is 16.5. The average molecular weight is 354 g/mol. The van der Waals surface area contributed by atoms with Crippen molar-refractivity contribution in [2.24, 2.45) is 11.3 Å². The lowest BCUT2D eigenvalue weighted by atomic mass is 9.93. The van der Waals surface area contributed by atoms with Gasteiger partial charge in [-0.15, -0.1) is 0 Å². The lowest BCUT2D eigenvalue weighted by Gasteiger charge is -2.15.